The molecule has 1 aliphatic rings. The minimum absolute atomic E-state index is 0.0532. The first-order valence-corrected chi connectivity index (χ1v) is 8.06. The summed E-state index contributed by atoms with van der Waals surface area (Å²) in [5.74, 6) is -0.764. The van der Waals surface area contributed by atoms with Crippen molar-refractivity contribution in [2.75, 3.05) is 26.2 Å². The van der Waals surface area contributed by atoms with Gasteiger partial charge < -0.3 is 10.4 Å². The van der Waals surface area contributed by atoms with Gasteiger partial charge in [0.15, 0.2) is 0 Å². The fourth-order valence-corrected chi connectivity index (χ4v) is 2.91. The Balaban J connectivity index is 1.82. The Labute approximate surface area is 139 Å². The quantitative estimate of drug-likeness (QED) is 0.863. The molecule has 0 saturated carbocycles. The second-order valence-corrected chi connectivity index (χ2v) is 6.36. The fraction of sp³-hybridized carbons (Fsp3) is 0.588. The molecular weight excluding hydrogens is 321 g/mol. The molecule has 2 N–H and O–H groups in total. The number of rotatable bonds is 5. The normalized spacial score (nSPS) is 20.6. The number of aliphatic hydroxyl groups is 1. The SMILES string of the molecule is Cc1ccc(C(O)CNC(=O)C2CCCN(CC(F)(F)F)C2)cc1. The fourth-order valence-electron chi connectivity index (χ4n) is 2.91. The number of hydrogen-bond acceptors (Lipinski definition) is 3. The van der Waals surface area contributed by atoms with Crippen LogP contribution in [0, 0.1) is 12.8 Å². The lowest BCUT2D eigenvalue weighted by molar-refractivity contribution is -0.152. The molecule has 134 valence electrons. The number of amides is 1. The van der Waals surface area contributed by atoms with Crippen LogP contribution in [0.4, 0.5) is 13.2 Å². The van der Waals surface area contributed by atoms with Gasteiger partial charge in [-0.15, -0.1) is 0 Å². The highest BCUT2D eigenvalue weighted by Gasteiger charge is 2.34. The maximum atomic E-state index is 12.5. The number of nitrogens with zero attached hydrogens (tertiary/aromatic N) is 1. The first-order valence-electron chi connectivity index (χ1n) is 8.06. The van der Waals surface area contributed by atoms with Gasteiger partial charge in [0.1, 0.15) is 0 Å². The number of aryl methyl sites for hydroxylation is 1. The number of piperidine rings is 1. The van der Waals surface area contributed by atoms with Crippen molar-refractivity contribution < 1.29 is 23.1 Å². The van der Waals surface area contributed by atoms with Crippen molar-refractivity contribution in [1.82, 2.24) is 10.2 Å². The number of nitrogens with one attached hydrogen (secondary N) is 1. The summed E-state index contributed by atoms with van der Waals surface area (Å²) >= 11 is 0. The van der Waals surface area contributed by atoms with E-state index in [9.17, 15) is 23.1 Å². The van der Waals surface area contributed by atoms with E-state index in [1.54, 1.807) is 12.1 Å². The second-order valence-electron chi connectivity index (χ2n) is 6.36. The number of carbonyl (C=O) groups is 1. The maximum absolute atomic E-state index is 12.5. The van der Waals surface area contributed by atoms with Crippen LogP contribution in [0.1, 0.15) is 30.1 Å². The van der Waals surface area contributed by atoms with Gasteiger partial charge in [-0.05, 0) is 31.9 Å². The zero-order valence-corrected chi connectivity index (χ0v) is 13.6. The molecule has 1 amide bonds. The van der Waals surface area contributed by atoms with E-state index < -0.39 is 24.7 Å². The lowest BCUT2D eigenvalue weighted by atomic mass is 9.97. The molecule has 2 rings (SSSR count). The highest BCUT2D eigenvalue weighted by Crippen LogP contribution is 2.22. The van der Waals surface area contributed by atoms with Gasteiger partial charge in [0.2, 0.25) is 5.91 Å². The van der Waals surface area contributed by atoms with Crippen molar-refractivity contribution in [2.45, 2.75) is 32.0 Å². The van der Waals surface area contributed by atoms with Crippen LogP contribution in [-0.2, 0) is 4.79 Å². The molecule has 2 unspecified atom stereocenters. The lowest BCUT2D eigenvalue weighted by Gasteiger charge is -2.32. The predicted molar refractivity (Wildman–Crippen MR) is 84.4 cm³/mol. The molecule has 1 fully saturated rings. The Morgan fingerprint density at radius 2 is 2.04 bits per heavy atom. The van der Waals surface area contributed by atoms with Crippen LogP contribution in [0.25, 0.3) is 0 Å². The first kappa shape index (κ1) is 18.7. The van der Waals surface area contributed by atoms with Gasteiger partial charge in [-0.25, -0.2) is 0 Å². The molecule has 0 aromatic heterocycles. The zero-order valence-electron chi connectivity index (χ0n) is 13.6. The van der Waals surface area contributed by atoms with Gasteiger partial charge in [-0.2, -0.15) is 13.2 Å². The number of halogens is 3. The Kier molecular flexibility index (Phi) is 6.23. The third-order valence-electron chi connectivity index (χ3n) is 4.21. The highest BCUT2D eigenvalue weighted by molar-refractivity contribution is 5.79. The molecule has 4 nitrogen and oxygen atoms in total. The molecule has 24 heavy (non-hydrogen) atoms. The van der Waals surface area contributed by atoms with E-state index in [0.717, 1.165) is 5.56 Å². The summed E-state index contributed by atoms with van der Waals surface area (Å²) < 4.78 is 37.4. The van der Waals surface area contributed by atoms with Crippen molar-refractivity contribution >= 4 is 5.91 Å². The summed E-state index contributed by atoms with van der Waals surface area (Å²) in [7, 11) is 0. The van der Waals surface area contributed by atoms with E-state index in [2.05, 4.69) is 5.32 Å². The van der Waals surface area contributed by atoms with Gasteiger partial charge >= 0.3 is 6.18 Å². The summed E-state index contributed by atoms with van der Waals surface area (Å²) in [5.41, 5.74) is 1.77. The zero-order chi connectivity index (χ0) is 17.7. The summed E-state index contributed by atoms with van der Waals surface area (Å²) in [5, 5.41) is 12.7. The molecule has 0 aliphatic carbocycles. The Bertz CT molecular complexity index is 546. The topological polar surface area (TPSA) is 52.6 Å². The van der Waals surface area contributed by atoms with Gasteiger partial charge in [-0.3, -0.25) is 9.69 Å². The smallest absolute Gasteiger partial charge is 0.387 e. The Morgan fingerprint density at radius 1 is 1.38 bits per heavy atom. The molecule has 1 saturated heterocycles. The van der Waals surface area contributed by atoms with Crippen molar-refractivity contribution in [3.8, 4) is 0 Å². The number of likely N-dealkylation sites (tertiary alicyclic amines) is 1. The molecule has 1 aromatic carbocycles. The number of hydrogen-bond donors (Lipinski definition) is 2. The van der Waals surface area contributed by atoms with Gasteiger partial charge in [-0.1, -0.05) is 29.8 Å². The molecule has 7 heteroatoms. The molecule has 0 radical (unpaired) electrons. The van der Waals surface area contributed by atoms with Gasteiger partial charge in [0.05, 0.1) is 18.6 Å². The van der Waals surface area contributed by atoms with Crippen molar-refractivity contribution in [3.05, 3.63) is 35.4 Å². The number of carbonyl (C=O) groups excluding carboxylic acids is 1. The standard InChI is InChI=1S/C17H23F3N2O2/c1-12-4-6-13(7-5-12)15(23)9-21-16(24)14-3-2-8-22(10-14)11-17(18,19)20/h4-7,14-15,23H,2-3,8-11H2,1H3,(H,21,24). The minimum Gasteiger partial charge on any atom is -0.387 e. The first-order chi connectivity index (χ1) is 11.2. The Hall–Kier alpha value is -1.60. The number of alkyl halides is 3. The molecule has 2 atom stereocenters. The maximum Gasteiger partial charge on any atom is 0.401 e. The Morgan fingerprint density at radius 3 is 2.67 bits per heavy atom. The third kappa shape index (κ3) is 5.79. The van der Waals surface area contributed by atoms with Gasteiger partial charge in [0, 0.05) is 13.1 Å². The second kappa shape index (κ2) is 7.98. The average molecular weight is 344 g/mol. The van der Waals surface area contributed by atoms with Crippen molar-refractivity contribution in [3.63, 3.8) is 0 Å². The van der Waals surface area contributed by atoms with Crippen LogP contribution < -0.4 is 5.32 Å². The average Bonchev–Trinajstić information content (AvgIpc) is 2.51. The summed E-state index contributed by atoms with van der Waals surface area (Å²) in [4.78, 5) is 13.4. The molecule has 1 aliphatic heterocycles. The summed E-state index contributed by atoms with van der Waals surface area (Å²) in [6, 6.07) is 7.32. The van der Waals surface area contributed by atoms with Crippen LogP contribution in [0.15, 0.2) is 24.3 Å². The minimum atomic E-state index is -4.25. The number of aliphatic hydroxyl groups excluding tert-OH is 1. The van der Waals surface area contributed by atoms with Crippen LogP contribution in [0.5, 0.6) is 0 Å². The van der Waals surface area contributed by atoms with E-state index in [1.807, 2.05) is 19.1 Å². The van der Waals surface area contributed by atoms with E-state index in [1.165, 1.54) is 4.90 Å². The largest absolute Gasteiger partial charge is 0.401 e. The van der Waals surface area contributed by atoms with Crippen molar-refractivity contribution in [2.24, 2.45) is 5.92 Å². The lowest BCUT2D eigenvalue weighted by Crippen LogP contribution is -2.46. The van der Waals surface area contributed by atoms with Gasteiger partial charge in [0.25, 0.3) is 0 Å². The van der Waals surface area contributed by atoms with Crippen LogP contribution in [0.2, 0.25) is 0 Å². The molecular formula is C17H23F3N2O2. The monoisotopic (exact) mass is 344 g/mol. The molecule has 1 heterocycles. The number of benzene rings is 1. The van der Waals surface area contributed by atoms with E-state index in [-0.39, 0.29) is 19.0 Å². The molecule has 1 aromatic rings. The van der Waals surface area contributed by atoms with Crippen LogP contribution in [-0.4, -0.2) is 48.3 Å². The van der Waals surface area contributed by atoms with Crippen molar-refractivity contribution in [1.29, 1.82) is 0 Å². The van der Waals surface area contributed by atoms with E-state index >= 15 is 0 Å². The summed E-state index contributed by atoms with van der Waals surface area (Å²) in [6.07, 6.45) is -3.94. The summed E-state index contributed by atoms with van der Waals surface area (Å²) in [6.45, 7) is 1.47. The van der Waals surface area contributed by atoms with Crippen LogP contribution in [0.3, 0.4) is 0 Å². The molecule has 0 spiro atoms. The van der Waals surface area contributed by atoms with E-state index in [4.69, 9.17) is 0 Å². The third-order valence-corrected chi connectivity index (χ3v) is 4.21. The van der Waals surface area contributed by atoms with E-state index in [0.29, 0.717) is 24.9 Å². The molecule has 0 bridgehead atoms. The highest BCUT2D eigenvalue weighted by atomic mass is 19.4. The predicted octanol–water partition coefficient (Wildman–Crippen LogP) is 2.42. The van der Waals surface area contributed by atoms with Crippen LogP contribution >= 0.6 is 0 Å².